The topological polar surface area (TPSA) is 67.9 Å². The molecule has 2 aliphatic heterocycles. The lowest BCUT2D eigenvalue weighted by atomic mass is 9.92. The van der Waals surface area contributed by atoms with Crippen LogP contribution in [-0.2, 0) is 10.0 Å². The number of nitrogens with zero attached hydrogens (tertiary/aromatic N) is 1. The van der Waals surface area contributed by atoms with Crippen LogP contribution in [0, 0.1) is 0 Å². The number of sulfonamides is 1. The van der Waals surface area contributed by atoms with E-state index in [-0.39, 0.29) is 17.7 Å². The number of piperidine rings is 1. The summed E-state index contributed by atoms with van der Waals surface area (Å²) in [7, 11) is -3.53. The van der Waals surface area contributed by atoms with Gasteiger partial charge in [-0.1, -0.05) is 19.3 Å². The number of fused-ring (bicyclic) bond motifs is 1. The van der Waals surface area contributed by atoms with Gasteiger partial charge in [0, 0.05) is 18.2 Å². The number of likely N-dealkylation sites (tertiary alicyclic amines) is 1. The summed E-state index contributed by atoms with van der Waals surface area (Å²) in [5, 5.41) is 0. The first-order valence-electron chi connectivity index (χ1n) is 9.28. The molecule has 0 radical (unpaired) electrons. The fraction of sp³-hybridized carbons (Fsp3) is 0.667. The smallest absolute Gasteiger partial charge is 0.240 e. The van der Waals surface area contributed by atoms with E-state index >= 15 is 0 Å². The first-order valence-corrected chi connectivity index (χ1v) is 10.8. The molecular weight excluding hydrogens is 340 g/mol. The largest absolute Gasteiger partial charge is 0.454 e. The molecule has 2 heterocycles. The van der Waals surface area contributed by atoms with Gasteiger partial charge in [-0.05, 0) is 50.9 Å². The summed E-state index contributed by atoms with van der Waals surface area (Å²) in [6.07, 6.45) is 8.38. The maximum Gasteiger partial charge on any atom is 0.240 e. The Labute approximate surface area is 149 Å². The van der Waals surface area contributed by atoms with E-state index in [1.165, 1.54) is 32.1 Å². The van der Waals surface area contributed by atoms with Crippen LogP contribution in [0.1, 0.15) is 44.9 Å². The van der Waals surface area contributed by atoms with Crippen LogP contribution in [0.3, 0.4) is 0 Å². The first-order chi connectivity index (χ1) is 12.1. The molecule has 3 aliphatic rings. The Morgan fingerprint density at radius 3 is 2.44 bits per heavy atom. The summed E-state index contributed by atoms with van der Waals surface area (Å²) < 4.78 is 38.7. The number of nitrogens with one attached hydrogen (secondary N) is 1. The minimum absolute atomic E-state index is 0.00950. The van der Waals surface area contributed by atoms with Gasteiger partial charge < -0.3 is 14.4 Å². The molecule has 0 amide bonds. The second kappa shape index (κ2) is 7.13. The van der Waals surface area contributed by atoms with Crippen molar-refractivity contribution in [3.8, 4) is 11.5 Å². The second-order valence-corrected chi connectivity index (χ2v) is 8.95. The number of hydrogen-bond donors (Lipinski definition) is 1. The molecule has 25 heavy (non-hydrogen) atoms. The van der Waals surface area contributed by atoms with Crippen LogP contribution >= 0.6 is 0 Å². The Balaban J connectivity index is 1.36. The molecule has 0 atom stereocenters. The van der Waals surface area contributed by atoms with Crippen molar-refractivity contribution in [2.24, 2.45) is 0 Å². The Bertz CT molecular complexity index is 708. The van der Waals surface area contributed by atoms with E-state index in [0.29, 0.717) is 17.5 Å². The van der Waals surface area contributed by atoms with Crippen molar-refractivity contribution >= 4 is 10.0 Å². The number of benzene rings is 1. The lowest BCUT2D eigenvalue weighted by Crippen LogP contribution is -2.48. The molecule has 0 aromatic heterocycles. The lowest BCUT2D eigenvalue weighted by molar-refractivity contribution is 0.120. The zero-order valence-electron chi connectivity index (χ0n) is 14.4. The van der Waals surface area contributed by atoms with Crippen molar-refractivity contribution < 1.29 is 17.9 Å². The quantitative estimate of drug-likeness (QED) is 0.887. The van der Waals surface area contributed by atoms with Crippen LogP contribution in [0.15, 0.2) is 23.1 Å². The monoisotopic (exact) mass is 366 g/mol. The van der Waals surface area contributed by atoms with E-state index in [2.05, 4.69) is 9.62 Å². The van der Waals surface area contributed by atoms with E-state index in [9.17, 15) is 8.42 Å². The van der Waals surface area contributed by atoms with Crippen LogP contribution in [0.4, 0.5) is 0 Å². The van der Waals surface area contributed by atoms with Gasteiger partial charge >= 0.3 is 0 Å². The molecule has 1 aliphatic carbocycles. The van der Waals surface area contributed by atoms with E-state index in [1.54, 1.807) is 18.2 Å². The average Bonchev–Trinajstić information content (AvgIpc) is 3.10. The SMILES string of the molecule is O=S(=O)(NC1CCN(C2CCCCC2)CC1)c1ccc2c(c1)OCO2. The fourth-order valence-electron chi connectivity index (χ4n) is 4.16. The molecule has 2 fully saturated rings. The highest BCUT2D eigenvalue weighted by Gasteiger charge is 2.29. The third-order valence-electron chi connectivity index (χ3n) is 5.60. The summed E-state index contributed by atoms with van der Waals surface area (Å²) in [6.45, 7) is 2.11. The maximum absolute atomic E-state index is 12.7. The van der Waals surface area contributed by atoms with Crippen molar-refractivity contribution in [3.05, 3.63) is 18.2 Å². The molecule has 138 valence electrons. The third-order valence-corrected chi connectivity index (χ3v) is 7.11. The molecule has 0 unspecified atom stereocenters. The molecule has 1 saturated heterocycles. The molecule has 1 N–H and O–H groups in total. The van der Waals surface area contributed by atoms with Gasteiger partial charge in [-0.15, -0.1) is 0 Å². The van der Waals surface area contributed by atoms with Gasteiger partial charge in [-0.3, -0.25) is 0 Å². The molecule has 1 aromatic carbocycles. The van der Waals surface area contributed by atoms with Gasteiger partial charge in [0.2, 0.25) is 16.8 Å². The molecule has 6 nitrogen and oxygen atoms in total. The average molecular weight is 366 g/mol. The van der Waals surface area contributed by atoms with Crippen LogP contribution in [0.2, 0.25) is 0 Å². The van der Waals surface area contributed by atoms with Gasteiger partial charge in [-0.25, -0.2) is 13.1 Å². The van der Waals surface area contributed by atoms with Crippen LogP contribution in [-0.4, -0.2) is 45.3 Å². The van der Waals surface area contributed by atoms with Crippen molar-refractivity contribution in [1.29, 1.82) is 0 Å². The van der Waals surface area contributed by atoms with Crippen LogP contribution < -0.4 is 14.2 Å². The summed E-state index contributed by atoms with van der Waals surface area (Å²) >= 11 is 0. The van der Waals surface area contributed by atoms with Crippen molar-refractivity contribution in [1.82, 2.24) is 9.62 Å². The van der Waals surface area contributed by atoms with Gasteiger partial charge in [0.1, 0.15) is 0 Å². The maximum atomic E-state index is 12.7. The van der Waals surface area contributed by atoms with Gasteiger partial charge in [0.25, 0.3) is 0 Å². The van der Waals surface area contributed by atoms with Crippen LogP contribution in [0.5, 0.6) is 11.5 Å². The number of ether oxygens (including phenoxy) is 2. The summed E-state index contributed by atoms with van der Waals surface area (Å²) in [6, 6.07) is 5.49. The fourth-order valence-corrected chi connectivity index (χ4v) is 5.48. The molecule has 0 spiro atoms. The highest BCUT2D eigenvalue weighted by atomic mass is 32.2. The molecular formula is C18H26N2O4S. The zero-order chi connectivity index (χ0) is 17.3. The Morgan fingerprint density at radius 2 is 1.68 bits per heavy atom. The summed E-state index contributed by atoms with van der Waals surface area (Å²) in [5.74, 6) is 1.09. The van der Waals surface area contributed by atoms with Gasteiger partial charge in [0.15, 0.2) is 11.5 Å². The van der Waals surface area contributed by atoms with Crippen molar-refractivity contribution in [2.45, 2.75) is 61.9 Å². The zero-order valence-corrected chi connectivity index (χ0v) is 15.3. The lowest BCUT2D eigenvalue weighted by Gasteiger charge is -2.39. The number of rotatable bonds is 4. The minimum Gasteiger partial charge on any atom is -0.454 e. The molecule has 4 rings (SSSR count). The predicted molar refractivity (Wildman–Crippen MR) is 94.4 cm³/mol. The van der Waals surface area contributed by atoms with Crippen LogP contribution in [0.25, 0.3) is 0 Å². The third kappa shape index (κ3) is 3.78. The minimum atomic E-state index is -3.53. The Kier molecular flexibility index (Phi) is 4.88. The highest BCUT2D eigenvalue weighted by Crippen LogP contribution is 2.34. The van der Waals surface area contributed by atoms with Gasteiger partial charge in [-0.2, -0.15) is 0 Å². The van der Waals surface area contributed by atoms with E-state index in [4.69, 9.17) is 9.47 Å². The van der Waals surface area contributed by atoms with Gasteiger partial charge in [0.05, 0.1) is 4.90 Å². The van der Waals surface area contributed by atoms with E-state index < -0.39 is 10.0 Å². The summed E-state index contributed by atoms with van der Waals surface area (Å²) in [4.78, 5) is 2.80. The highest BCUT2D eigenvalue weighted by molar-refractivity contribution is 7.89. The Hall–Kier alpha value is -1.31. The standard InChI is InChI=1S/C18H26N2O4S/c21-25(22,16-6-7-17-18(12-16)24-13-23-17)19-14-8-10-20(11-9-14)15-4-2-1-3-5-15/h6-7,12,14-15,19H,1-5,8-11,13H2. The molecule has 0 bridgehead atoms. The normalized spacial score (nSPS) is 23.0. The van der Waals surface area contributed by atoms with E-state index in [1.807, 2.05) is 0 Å². The Morgan fingerprint density at radius 1 is 0.960 bits per heavy atom. The van der Waals surface area contributed by atoms with Crippen molar-refractivity contribution in [3.63, 3.8) is 0 Å². The molecule has 1 aromatic rings. The molecule has 1 saturated carbocycles. The predicted octanol–water partition coefficient (Wildman–Crippen LogP) is 2.49. The second-order valence-electron chi connectivity index (χ2n) is 7.24. The number of hydrogen-bond acceptors (Lipinski definition) is 5. The van der Waals surface area contributed by atoms with Crippen molar-refractivity contribution in [2.75, 3.05) is 19.9 Å². The molecule has 7 heteroatoms. The first kappa shape index (κ1) is 17.1. The summed E-state index contributed by atoms with van der Waals surface area (Å²) in [5.41, 5.74) is 0. The van der Waals surface area contributed by atoms with E-state index in [0.717, 1.165) is 25.9 Å².